The summed E-state index contributed by atoms with van der Waals surface area (Å²) in [6.45, 7) is 8.39. The zero-order valence-electron chi connectivity index (χ0n) is 11.3. The van der Waals surface area contributed by atoms with Crippen LogP contribution < -0.4 is 5.32 Å². The molecule has 2 aliphatic heterocycles. The van der Waals surface area contributed by atoms with Gasteiger partial charge in [0.15, 0.2) is 0 Å². The standard InChI is InChI=1S/C13H22N4O2/c1-6-19-13(10-14-1)12-9-15-11-17(12)3-2-16-4-7-18-8-5-16/h9,11,13-14H,1-8,10H2. The molecule has 1 unspecified atom stereocenters. The number of morpholine rings is 2. The van der Waals surface area contributed by atoms with Crippen molar-refractivity contribution in [1.29, 1.82) is 0 Å². The lowest BCUT2D eigenvalue weighted by Crippen LogP contribution is -2.38. The molecule has 2 saturated heterocycles. The van der Waals surface area contributed by atoms with Crippen molar-refractivity contribution in [2.75, 3.05) is 52.5 Å². The molecule has 1 atom stereocenters. The van der Waals surface area contributed by atoms with Crippen molar-refractivity contribution < 1.29 is 9.47 Å². The molecule has 6 heteroatoms. The van der Waals surface area contributed by atoms with Crippen LogP contribution >= 0.6 is 0 Å². The molecule has 1 aromatic rings. The van der Waals surface area contributed by atoms with E-state index in [1.807, 2.05) is 12.5 Å². The molecule has 2 aliphatic rings. The fourth-order valence-corrected chi connectivity index (χ4v) is 2.62. The summed E-state index contributed by atoms with van der Waals surface area (Å²) in [4.78, 5) is 6.71. The van der Waals surface area contributed by atoms with Crippen molar-refractivity contribution in [3.8, 4) is 0 Å². The fourth-order valence-electron chi connectivity index (χ4n) is 2.62. The van der Waals surface area contributed by atoms with Crippen LogP contribution in [0.3, 0.4) is 0 Å². The maximum Gasteiger partial charge on any atom is 0.111 e. The summed E-state index contributed by atoms with van der Waals surface area (Å²) in [5.74, 6) is 0. The number of nitrogens with zero attached hydrogens (tertiary/aromatic N) is 3. The molecule has 0 spiro atoms. The van der Waals surface area contributed by atoms with Crippen LogP contribution in [0.4, 0.5) is 0 Å². The maximum atomic E-state index is 5.80. The Labute approximate surface area is 113 Å². The van der Waals surface area contributed by atoms with E-state index < -0.39 is 0 Å². The highest BCUT2D eigenvalue weighted by atomic mass is 16.5. The monoisotopic (exact) mass is 266 g/mol. The molecular formula is C13H22N4O2. The first kappa shape index (κ1) is 13.1. The van der Waals surface area contributed by atoms with Crippen LogP contribution in [-0.2, 0) is 16.0 Å². The highest BCUT2D eigenvalue weighted by Gasteiger charge is 2.19. The van der Waals surface area contributed by atoms with Gasteiger partial charge in [0.1, 0.15) is 6.10 Å². The molecule has 2 fully saturated rings. The Balaban J connectivity index is 1.56. The highest BCUT2D eigenvalue weighted by molar-refractivity contribution is 5.04. The average Bonchev–Trinajstić information content (AvgIpc) is 2.95. The van der Waals surface area contributed by atoms with Gasteiger partial charge in [-0.05, 0) is 0 Å². The van der Waals surface area contributed by atoms with E-state index >= 15 is 0 Å². The summed E-state index contributed by atoms with van der Waals surface area (Å²) in [5.41, 5.74) is 1.18. The lowest BCUT2D eigenvalue weighted by molar-refractivity contribution is 0.0206. The van der Waals surface area contributed by atoms with Crippen molar-refractivity contribution in [1.82, 2.24) is 19.8 Å². The van der Waals surface area contributed by atoms with Crippen LogP contribution in [0, 0.1) is 0 Å². The van der Waals surface area contributed by atoms with E-state index in [0.29, 0.717) is 0 Å². The number of nitrogens with one attached hydrogen (secondary N) is 1. The van der Waals surface area contributed by atoms with E-state index in [0.717, 1.165) is 59.1 Å². The molecule has 3 rings (SSSR count). The molecule has 3 heterocycles. The highest BCUT2D eigenvalue weighted by Crippen LogP contribution is 2.18. The topological polar surface area (TPSA) is 51.5 Å². The summed E-state index contributed by atoms with van der Waals surface area (Å²) in [6, 6.07) is 0. The predicted octanol–water partition coefficient (Wildman–Crippen LogP) is -0.124. The van der Waals surface area contributed by atoms with Crippen LogP contribution in [0.1, 0.15) is 11.8 Å². The Hall–Kier alpha value is -0.950. The molecule has 19 heavy (non-hydrogen) atoms. The summed E-state index contributed by atoms with van der Waals surface area (Å²) < 4.78 is 13.4. The van der Waals surface area contributed by atoms with Crippen molar-refractivity contribution in [2.45, 2.75) is 12.6 Å². The molecule has 0 aliphatic carbocycles. The molecular weight excluding hydrogens is 244 g/mol. The average molecular weight is 266 g/mol. The molecule has 6 nitrogen and oxygen atoms in total. The van der Waals surface area contributed by atoms with Gasteiger partial charge in [-0.2, -0.15) is 0 Å². The second kappa shape index (κ2) is 6.47. The molecule has 106 valence electrons. The van der Waals surface area contributed by atoms with E-state index in [1.165, 1.54) is 5.69 Å². The Kier molecular flexibility index (Phi) is 4.45. The third kappa shape index (κ3) is 3.33. The third-order valence-electron chi connectivity index (χ3n) is 3.76. The predicted molar refractivity (Wildman–Crippen MR) is 71.0 cm³/mol. The fraction of sp³-hybridized carbons (Fsp3) is 0.769. The number of aromatic nitrogens is 2. The summed E-state index contributed by atoms with van der Waals surface area (Å²) in [7, 11) is 0. The van der Waals surface area contributed by atoms with E-state index in [-0.39, 0.29) is 6.10 Å². The van der Waals surface area contributed by atoms with E-state index in [4.69, 9.17) is 9.47 Å². The van der Waals surface area contributed by atoms with Gasteiger partial charge in [-0.25, -0.2) is 4.98 Å². The molecule has 1 aromatic heterocycles. The second-order valence-electron chi connectivity index (χ2n) is 5.03. The van der Waals surface area contributed by atoms with E-state index in [9.17, 15) is 0 Å². The molecule has 1 N–H and O–H groups in total. The zero-order valence-corrected chi connectivity index (χ0v) is 11.3. The largest absolute Gasteiger partial charge is 0.379 e. The van der Waals surface area contributed by atoms with Crippen LogP contribution in [0.15, 0.2) is 12.5 Å². The second-order valence-corrected chi connectivity index (χ2v) is 5.03. The van der Waals surface area contributed by atoms with Gasteiger partial charge in [0.25, 0.3) is 0 Å². The number of hydrogen-bond donors (Lipinski definition) is 1. The Morgan fingerprint density at radius 3 is 2.95 bits per heavy atom. The third-order valence-corrected chi connectivity index (χ3v) is 3.76. The first-order valence-corrected chi connectivity index (χ1v) is 7.06. The number of hydrogen-bond acceptors (Lipinski definition) is 5. The van der Waals surface area contributed by atoms with E-state index in [1.54, 1.807) is 0 Å². The Morgan fingerprint density at radius 1 is 1.26 bits per heavy atom. The quantitative estimate of drug-likeness (QED) is 0.823. The molecule has 0 saturated carbocycles. The van der Waals surface area contributed by atoms with E-state index in [2.05, 4.69) is 19.8 Å². The van der Waals surface area contributed by atoms with Crippen LogP contribution in [0.5, 0.6) is 0 Å². The number of ether oxygens (including phenoxy) is 2. The van der Waals surface area contributed by atoms with Crippen LogP contribution in [-0.4, -0.2) is 67.0 Å². The van der Waals surface area contributed by atoms with Gasteiger partial charge in [-0.3, -0.25) is 4.90 Å². The normalized spacial score (nSPS) is 25.6. The lowest BCUT2D eigenvalue weighted by atomic mass is 10.2. The van der Waals surface area contributed by atoms with Crippen molar-refractivity contribution in [3.63, 3.8) is 0 Å². The summed E-state index contributed by atoms with van der Waals surface area (Å²) >= 11 is 0. The molecule has 0 aromatic carbocycles. The van der Waals surface area contributed by atoms with Gasteiger partial charge in [-0.1, -0.05) is 0 Å². The summed E-state index contributed by atoms with van der Waals surface area (Å²) in [6.07, 6.45) is 3.98. The van der Waals surface area contributed by atoms with Gasteiger partial charge >= 0.3 is 0 Å². The van der Waals surface area contributed by atoms with Crippen molar-refractivity contribution in [3.05, 3.63) is 18.2 Å². The van der Waals surface area contributed by atoms with Gasteiger partial charge in [0, 0.05) is 39.3 Å². The smallest absolute Gasteiger partial charge is 0.111 e. The first-order valence-electron chi connectivity index (χ1n) is 7.06. The molecule has 0 radical (unpaired) electrons. The van der Waals surface area contributed by atoms with Gasteiger partial charge in [0.05, 0.1) is 38.0 Å². The minimum absolute atomic E-state index is 0.140. The zero-order chi connectivity index (χ0) is 12.9. The van der Waals surface area contributed by atoms with Crippen LogP contribution in [0.25, 0.3) is 0 Å². The van der Waals surface area contributed by atoms with Gasteiger partial charge in [-0.15, -0.1) is 0 Å². The van der Waals surface area contributed by atoms with Gasteiger partial charge < -0.3 is 19.4 Å². The number of rotatable bonds is 4. The number of imidazole rings is 1. The van der Waals surface area contributed by atoms with Gasteiger partial charge in [0.2, 0.25) is 0 Å². The maximum absolute atomic E-state index is 5.80. The SMILES string of the molecule is c1ncn(CCN2CCOCC2)c1C1CNCCO1. The summed E-state index contributed by atoms with van der Waals surface area (Å²) in [5, 5.41) is 3.36. The Morgan fingerprint density at radius 2 is 2.16 bits per heavy atom. The lowest BCUT2D eigenvalue weighted by Gasteiger charge is -2.28. The van der Waals surface area contributed by atoms with Crippen molar-refractivity contribution in [2.24, 2.45) is 0 Å². The minimum atomic E-state index is 0.140. The van der Waals surface area contributed by atoms with Crippen molar-refractivity contribution >= 4 is 0 Å². The first-order chi connectivity index (χ1) is 9.43. The Bertz CT molecular complexity index is 384. The molecule has 0 bridgehead atoms. The molecule has 0 amide bonds. The minimum Gasteiger partial charge on any atom is -0.379 e. The van der Waals surface area contributed by atoms with Crippen LogP contribution in [0.2, 0.25) is 0 Å².